The lowest BCUT2D eigenvalue weighted by atomic mass is 10.2. The van der Waals surface area contributed by atoms with Gasteiger partial charge in [-0.1, -0.05) is 0 Å². The number of pyridine rings is 1. The van der Waals surface area contributed by atoms with Gasteiger partial charge in [-0.3, -0.25) is 0 Å². The molecule has 1 unspecified atom stereocenters. The summed E-state index contributed by atoms with van der Waals surface area (Å²) in [5, 5.41) is 0. The molecule has 1 atom stereocenters. The lowest BCUT2D eigenvalue weighted by Crippen LogP contribution is -2.23. The van der Waals surface area contributed by atoms with Gasteiger partial charge >= 0.3 is 0 Å². The van der Waals surface area contributed by atoms with E-state index in [-0.39, 0.29) is 0 Å². The van der Waals surface area contributed by atoms with E-state index in [1.165, 1.54) is 0 Å². The summed E-state index contributed by atoms with van der Waals surface area (Å²) in [4.78, 5) is 6.61. The van der Waals surface area contributed by atoms with E-state index >= 15 is 0 Å². The molecule has 2 N–H and O–H groups in total. The first-order valence-electron chi connectivity index (χ1n) is 5.31. The molecule has 1 fully saturated rings. The number of hydrogen-bond donors (Lipinski definition) is 1. The third kappa shape index (κ3) is 2.01. The zero-order chi connectivity index (χ0) is 11.7. The number of halogens is 1. The number of nitrogen functional groups attached to an aromatic ring is 1. The van der Waals surface area contributed by atoms with Gasteiger partial charge in [0.1, 0.15) is 5.82 Å². The molecular formula is C11H16BrN3O. The first-order valence-corrected chi connectivity index (χ1v) is 6.11. The highest BCUT2D eigenvalue weighted by molar-refractivity contribution is 9.10. The molecule has 0 aliphatic carbocycles. The molecule has 0 bridgehead atoms. The van der Waals surface area contributed by atoms with E-state index in [1.807, 2.05) is 6.92 Å². The SMILES string of the molecule is COC1CCN(c2ncc(N)c(C)c2Br)C1. The van der Waals surface area contributed by atoms with Crippen LogP contribution in [0.4, 0.5) is 11.5 Å². The molecule has 0 amide bonds. The van der Waals surface area contributed by atoms with Gasteiger partial charge in [-0.25, -0.2) is 4.98 Å². The van der Waals surface area contributed by atoms with Crippen molar-refractivity contribution in [1.82, 2.24) is 4.98 Å². The highest BCUT2D eigenvalue weighted by atomic mass is 79.9. The minimum atomic E-state index is 0.312. The Kier molecular flexibility index (Phi) is 3.35. The highest BCUT2D eigenvalue weighted by Gasteiger charge is 2.25. The number of rotatable bonds is 2. The average molecular weight is 286 g/mol. The van der Waals surface area contributed by atoms with Crippen LogP contribution in [0, 0.1) is 6.92 Å². The standard InChI is InChI=1S/C11H16BrN3O/c1-7-9(13)5-14-11(10(7)12)15-4-3-8(6-15)16-2/h5,8H,3-4,6,13H2,1-2H3. The lowest BCUT2D eigenvalue weighted by Gasteiger charge is -2.20. The van der Waals surface area contributed by atoms with Gasteiger partial charge in [-0.15, -0.1) is 0 Å². The quantitative estimate of drug-likeness (QED) is 0.903. The maximum absolute atomic E-state index is 5.81. The van der Waals surface area contributed by atoms with Crippen molar-refractivity contribution in [2.24, 2.45) is 0 Å². The van der Waals surface area contributed by atoms with E-state index in [4.69, 9.17) is 10.5 Å². The van der Waals surface area contributed by atoms with Crippen molar-refractivity contribution in [2.75, 3.05) is 30.8 Å². The summed E-state index contributed by atoms with van der Waals surface area (Å²) < 4.78 is 6.34. The van der Waals surface area contributed by atoms with Crippen LogP contribution in [0.15, 0.2) is 10.7 Å². The second-order valence-electron chi connectivity index (χ2n) is 4.07. The molecule has 1 saturated heterocycles. The molecule has 1 aliphatic rings. The molecule has 1 aromatic rings. The monoisotopic (exact) mass is 285 g/mol. The topological polar surface area (TPSA) is 51.4 Å². The fourth-order valence-corrected chi connectivity index (χ4v) is 2.49. The second kappa shape index (κ2) is 4.59. The number of nitrogens with zero attached hydrogens (tertiary/aromatic N) is 2. The van der Waals surface area contributed by atoms with Crippen LogP contribution < -0.4 is 10.6 Å². The van der Waals surface area contributed by atoms with Crippen molar-refractivity contribution < 1.29 is 4.74 Å². The second-order valence-corrected chi connectivity index (χ2v) is 4.86. The third-order valence-corrected chi connectivity index (χ3v) is 4.01. The van der Waals surface area contributed by atoms with E-state index in [9.17, 15) is 0 Å². The van der Waals surface area contributed by atoms with E-state index < -0.39 is 0 Å². The van der Waals surface area contributed by atoms with Crippen LogP contribution in [0.2, 0.25) is 0 Å². The summed E-state index contributed by atoms with van der Waals surface area (Å²) >= 11 is 3.56. The van der Waals surface area contributed by atoms with Crippen LogP contribution in [-0.4, -0.2) is 31.3 Å². The smallest absolute Gasteiger partial charge is 0.143 e. The minimum absolute atomic E-state index is 0.312. The van der Waals surface area contributed by atoms with E-state index in [0.29, 0.717) is 6.10 Å². The van der Waals surface area contributed by atoms with E-state index in [0.717, 1.165) is 41.1 Å². The number of nitrogens with two attached hydrogens (primary N) is 1. The summed E-state index contributed by atoms with van der Waals surface area (Å²) in [6.45, 7) is 3.87. The first-order chi connectivity index (χ1) is 7.63. The molecule has 4 nitrogen and oxygen atoms in total. The van der Waals surface area contributed by atoms with E-state index in [2.05, 4.69) is 25.8 Å². The Morgan fingerprint density at radius 2 is 2.38 bits per heavy atom. The van der Waals surface area contributed by atoms with Gasteiger partial charge in [0.25, 0.3) is 0 Å². The lowest BCUT2D eigenvalue weighted by molar-refractivity contribution is 0.121. The Hall–Kier alpha value is -0.810. The van der Waals surface area contributed by atoms with Gasteiger partial charge in [0.2, 0.25) is 0 Å². The van der Waals surface area contributed by atoms with Crippen LogP contribution in [0.1, 0.15) is 12.0 Å². The average Bonchev–Trinajstić information content (AvgIpc) is 2.74. The van der Waals surface area contributed by atoms with Crippen molar-refractivity contribution in [2.45, 2.75) is 19.4 Å². The Labute approximate surface area is 104 Å². The Morgan fingerprint density at radius 1 is 1.62 bits per heavy atom. The predicted octanol–water partition coefficient (Wildman–Crippen LogP) is 1.96. The third-order valence-electron chi connectivity index (χ3n) is 3.06. The zero-order valence-corrected chi connectivity index (χ0v) is 11.1. The van der Waals surface area contributed by atoms with Crippen LogP contribution in [0.25, 0.3) is 0 Å². The summed E-state index contributed by atoms with van der Waals surface area (Å²) in [7, 11) is 1.75. The Morgan fingerprint density at radius 3 is 3.00 bits per heavy atom. The number of aromatic nitrogens is 1. The van der Waals surface area contributed by atoms with Gasteiger partial charge in [-0.2, -0.15) is 0 Å². The van der Waals surface area contributed by atoms with Crippen LogP contribution >= 0.6 is 15.9 Å². The first kappa shape index (κ1) is 11.7. The molecule has 0 saturated carbocycles. The van der Waals surface area contributed by atoms with Crippen molar-refractivity contribution >= 4 is 27.4 Å². The van der Waals surface area contributed by atoms with Gasteiger partial charge in [0, 0.05) is 20.2 Å². The molecule has 88 valence electrons. The molecular weight excluding hydrogens is 270 g/mol. The van der Waals surface area contributed by atoms with Crippen molar-refractivity contribution in [3.63, 3.8) is 0 Å². The normalized spacial score (nSPS) is 20.4. The fourth-order valence-electron chi connectivity index (χ4n) is 1.91. The molecule has 0 spiro atoms. The molecule has 1 aliphatic heterocycles. The number of ether oxygens (including phenoxy) is 1. The summed E-state index contributed by atoms with van der Waals surface area (Å²) in [6, 6.07) is 0. The molecule has 1 aromatic heterocycles. The number of methoxy groups -OCH3 is 1. The van der Waals surface area contributed by atoms with Crippen LogP contribution in [0.5, 0.6) is 0 Å². The zero-order valence-electron chi connectivity index (χ0n) is 9.53. The fraction of sp³-hybridized carbons (Fsp3) is 0.545. The largest absolute Gasteiger partial charge is 0.397 e. The summed E-state index contributed by atoms with van der Waals surface area (Å²) in [5.74, 6) is 0.964. The molecule has 2 rings (SSSR count). The van der Waals surface area contributed by atoms with Crippen molar-refractivity contribution in [1.29, 1.82) is 0 Å². The van der Waals surface area contributed by atoms with Crippen molar-refractivity contribution in [3.8, 4) is 0 Å². The molecule has 5 heteroatoms. The van der Waals surface area contributed by atoms with Crippen LogP contribution in [0.3, 0.4) is 0 Å². The van der Waals surface area contributed by atoms with E-state index in [1.54, 1.807) is 13.3 Å². The minimum Gasteiger partial charge on any atom is -0.397 e. The van der Waals surface area contributed by atoms with Gasteiger partial charge < -0.3 is 15.4 Å². The predicted molar refractivity (Wildman–Crippen MR) is 68.7 cm³/mol. The summed E-state index contributed by atoms with van der Waals surface area (Å²) in [6.07, 6.45) is 3.08. The molecule has 2 heterocycles. The van der Waals surface area contributed by atoms with Crippen LogP contribution in [-0.2, 0) is 4.74 Å². The molecule has 0 aromatic carbocycles. The van der Waals surface area contributed by atoms with Crippen molar-refractivity contribution in [3.05, 3.63) is 16.2 Å². The molecule has 0 radical (unpaired) electrons. The Balaban J connectivity index is 2.25. The van der Waals surface area contributed by atoms with Gasteiger partial charge in [0.15, 0.2) is 0 Å². The molecule has 16 heavy (non-hydrogen) atoms. The highest BCUT2D eigenvalue weighted by Crippen LogP contribution is 2.32. The summed E-state index contributed by atoms with van der Waals surface area (Å²) in [5.41, 5.74) is 7.57. The maximum Gasteiger partial charge on any atom is 0.143 e. The van der Waals surface area contributed by atoms with Gasteiger partial charge in [0.05, 0.1) is 22.5 Å². The van der Waals surface area contributed by atoms with Gasteiger partial charge in [-0.05, 0) is 34.8 Å². The maximum atomic E-state index is 5.81. The Bertz CT molecular complexity index is 397. The number of anilines is 2. The number of hydrogen-bond acceptors (Lipinski definition) is 4.